The number of piperidine rings is 1. The minimum Gasteiger partial charge on any atom is -0.380 e. The van der Waals surface area contributed by atoms with Gasteiger partial charge in [0.25, 0.3) is 0 Å². The van der Waals surface area contributed by atoms with E-state index < -0.39 is 0 Å². The highest BCUT2D eigenvalue weighted by atomic mass is 16.5. The molecule has 2 aliphatic heterocycles. The monoisotopic (exact) mass is 294 g/mol. The molecule has 0 unspecified atom stereocenters. The topological polar surface area (TPSA) is 54.6 Å². The van der Waals surface area contributed by atoms with Crippen LogP contribution in [0, 0.1) is 0 Å². The number of hydrogen-bond acceptors (Lipinski definition) is 6. The van der Waals surface area contributed by atoms with Gasteiger partial charge in [0.2, 0.25) is 5.89 Å². The summed E-state index contributed by atoms with van der Waals surface area (Å²) in [6, 6.07) is 0.719. The summed E-state index contributed by atoms with van der Waals surface area (Å²) < 4.78 is 10.8. The zero-order chi connectivity index (χ0) is 14.5. The van der Waals surface area contributed by atoms with Crippen LogP contribution in [-0.4, -0.2) is 65.4 Å². The van der Waals surface area contributed by atoms with E-state index in [0.717, 1.165) is 63.6 Å². The van der Waals surface area contributed by atoms with Crippen molar-refractivity contribution in [3.63, 3.8) is 0 Å². The molecule has 1 aromatic heterocycles. The predicted molar refractivity (Wildman–Crippen MR) is 79.0 cm³/mol. The van der Waals surface area contributed by atoms with E-state index >= 15 is 0 Å². The standard InChI is InChI=1S/C15H26N4O2/c1-2-14-16-15(21-17-14)12-18-7-4-13(5-8-18)19-6-3-10-20-11-9-19/h13H,2-12H2,1H3. The number of hydrogen-bond donors (Lipinski definition) is 0. The van der Waals surface area contributed by atoms with Gasteiger partial charge in [-0.1, -0.05) is 12.1 Å². The van der Waals surface area contributed by atoms with Crippen molar-refractivity contribution < 1.29 is 9.26 Å². The quantitative estimate of drug-likeness (QED) is 0.835. The molecule has 0 spiro atoms. The van der Waals surface area contributed by atoms with Gasteiger partial charge < -0.3 is 9.26 Å². The fourth-order valence-electron chi connectivity index (χ4n) is 3.26. The van der Waals surface area contributed by atoms with Gasteiger partial charge in [-0.2, -0.15) is 4.98 Å². The van der Waals surface area contributed by atoms with Gasteiger partial charge in [0.05, 0.1) is 13.2 Å². The molecule has 0 N–H and O–H groups in total. The van der Waals surface area contributed by atoms with Gasteiger partial charge in [0.15, 0.2) is 5.82 Å². The van der Waals surface area contributed by atoms with Gasteiger partial charge in [-0.15, -0.1) is 0 Å². The third-order valence-corrected chi connectivity index (χ3v) is 4.52. The first kappa shape index (κ1) is 14.9. The normalized spacial score (nSPS) is 23.3. The van der Waals surface area contributed by atoms with Crippen LogP contribution in [0.15, 0.2) is 4.52 Å². The van der Waals surface area contributed by atoms with Crippen molar-refractivity contribution in [3.8, 4) is 0 Å². The molecule has 6 nitrogen and oxygen atoms in total. The second-order valence-electron chi connectivity index (χ2n) is 5.97. The van der Waals surface area contributed by atoms with Crippen LogP contribution >= 0.6 is 0 Å². The number of ether oxygens (including phenoxy) is 1. The van der Waals surface area contributed by atoms with Gasteiger partial charge in [-0.05, 0) is 19.3 Å². The third-order valence-electron chi connectivity index (χ3n) is 4.52. The largest absolute Gasteiger partial charge is 0.380 e. The number of nitrogens with zero attached hydrogens (tertiary/aromatic N) is 4. The molecule has 0 bridgehead atoms. The van der Waals surface area contributed by atoms with E-state index in [4.69, 9.17) is 9.26 Å². The molecule has 118 valence electrons. The molecule has 6 heteroatoms. The summed E-state index contributed by atoms with van der Waals surface area (Å²) in [6.45, 7) is 9.17. The van der Waals surface area contributed by atoms with Crippen LogP contribution in [0.5, 0.6) is 0 Å². The lowest BCUT2D eigenvalue weighted by atomic mass is 10.0. The zero-order valence-electron chi connectivity index (χ0n) is 13.0. The Morgan fingerprint density at radius 2 is 2.00 bits per heavy atom. The smallest absolute Gasteiger partial charge is 0.240 e. The Morgan fingerprint density at radius 3 is 2.76 bits per heavy atom. The van der Waals surface area contributed by atoms with Crippen molar-refractivity contribution in [3.05, 3.63) is 11.7 Å². The maximum Gasteiger partial charge on any atom is 0.240 e. The molecule has 2 aliphatic rings. The number of aryl methyl sites for hydroxylation is 1. The van der Waals surface area contributed by atoms with Crippen LogP contribution < -0.4 is 0 Å². The fourth-order valence-corrected chi connectivity index (χ4v) is 3.26. The van der Waals surface area contributed by atoms with Crippen molar-refractivity contribution in [1.82, 2.24) is 19.9 Å². The molecule has 1 aromatic rings. The van der Waals surface area contributed by atoms with Crippen LogP contribution in [0.25, 0.3) is 0 Å². The maximum atomic E-state index is 5.55. The van der Waals surface area contributed by atoms with E-state index in [1.165, 1.54) is 25.8 Å². The van der Waals surface area contributed by atoms with E-state index in [1.54, 1.807) is 0 Å². The van der Waals surface area contributed by atoms with E-state index in [9.17, 15) is 0 Å². The minimum absolute atomic E-state index is 0.719. The highest BCUT2D eigenvalue weighted by Gasteiger charge is 2.25. The summed E-state index contributed by atoms with van der Waals surface area (Å²) >= 11 is 0. The molecule has 3 heterocycles. The van der Waals surface area contributed by atoms with Gasteiger partial charge in [-0.3, -0.25) is 9.80 Å². The Kier molecular flexibility index (Phi) is 5.22. The molecular formula is C15H26N4O2. The van der Waals surface area contributed by atoms with Crippen LogP contribution in [0.4, 0.5) is 0 Å². The van der Waals surface area contributed by atoms with Gasteiger partial charge in [0.1, 0.15) is 0 Å². The number of aromatic nitrogens is 2. The van der Waals surface area contributed by atoms with E-state index in [-0.39, 0.29) is 0 Å². The lowest BCUT2D eigenvalue weighted by Gasteiger charge is -2.37. The second kappa shape index (κ2) is 7.33. The highest BCUT2D eigenvalue weighted by Crippen LogP contribution is 2.19. The first-order valence-electron chi connectivity index (χ1n) is 8.20. The summed E-state index contributed by atoms with van der Waals surface area (Å²) in [6.07, 6.45) is 4.47. The number of rotatable bonds is 4. The number of likely N-dealkylation sites (tertiary alicyclic amines) is 1. The Bertz CT molecular complexity index is 421. The van der Waals surface area contributed by atoms with Crippen molar-refractivity contribution in [2.45, 2.75) is 45.2 Å². The first-order chi connectivity index (χ1) is 10.3. The summed E-state index contributed by atoms with van der Waals surface area (Å²) in [5, 5.41) is 3.96. The second-order valence-corrected chi connectivity index (χ2v) is 5.97. The molecule has 21 heavy (non-hydrogen) atoms. The van der Waals surface area contributed by atoms with Crippen molar-refractivity contribution >= 4 is 0 Å². The SMILES string of the molecule is CCc1noc(CN2CCC(N3CCCOCC3)CC2)n1. The lowest BCUT2D eigenvalue weighted by molar-refractivity contribution is 0.0898. The Morgan fingerprint density at radius 1 is 1.14 bits per heavy atom. The summed E-state index contributed by atoms with van der Waals surface area (Å²) in [4.78, 5) is 9.44. The average Bonchev–Trinajstić information content (AvgIpc) is 2.80. The molecule has 3 rings (SSSR count). The van der Waals surface area contributed by atoms with Gasteiger partial charge in [-0.25, -0.2) is 0 Å². The molecule has 0 radical (unpaired) electrons. The van der Waals surface area contributed by atoms with Crippen LogP contribution in [0.1, 0.15) is 37.9 Å². The van der Waals surface area contributed by atoms with E-state index in [0.29, 0.717) is 0 Å². The molecule has 0 amide bonds. The molecule has 0 saturated carbocycles. The Labute approximate surface area is 126 Å². The molecule has 0 atom stereocenters. The van der Waals surface area contributed by atoms with E-state index in [2.05, 4.69) is 19.9 Å². The predicted octanol–water partition coefficient (Wildman–Crippen LogP) is 1.32. The zero-order valence-corrected chi connectivity index (χ0v) is 13.0. The van der Waals surface area contributed by atoms with Crippen molar-refractivity contribution in [1.29, 1.82) is 0 Å². The summed E-state index contributed by atoms with van der Waals surface area (Å²) in [5.41, 5.74) is 0. The van der Waals surface area contributed by atoms with Crippen LogP contribution in [-0.2, 0) is 17.7 Å². The molecule has 0 aliphatic carbocycles. The van der Waals surface area contributed by atoms with Crippen LogP contribution in [0.2, 0.25) is 0 Å². The highest BCUT2D eigenvalue weighted by molar-refractivity contribution is 4.87. The van der Waals surface area contributed by atoms with Crippen molar-refractivity contribution in [2.75, 3.05) is 39.4 Å². The first-order valence-corrected chi connectivity index (χ1v) is 8.20. The Balaban J connectivity index is 1.46. The molecular weight excluding hydrogens is 268 g/mol. The van der Waals surface area contributed by atoms with Crippen molar-refractivity contribution in [2.24, 2.45) is 0 Å². The molecule has 2 saturated heterocycles. The third kappa shape index (κ3) is 4.02. The summed E-state index contributed by atoms with van der Waals surface area (Å²) in [7, 11) is 0. The minimum atomic E-state index is 0.719. The van der Waals surface area contributed by atoms with E-state index in [1.807, 2.05) is 6.92 Å². The molecule has 0 aromatic carbocycles. The summed E-state index contributed by atoms with van der Waals surface area (Å²) in [5.74, 6) is 1.57. The Hall–Kier alpha value is -0.980. The average molecular weight is 294 g/mol. The maximum absolute atomic E-state index is 5.55. The molecule has 2 fully saturated rings. The lowest BCUT2D eigenvalue weighted by Crippen LogP contribution is -2.45. The van der Waals surface area contributed by atoms with Gasteiger partial charge >= 0.3 is 0 Å². The van der Waals surface area contributed by atoms with Gasteiger partial charge in [0, 0.05) is 45.2 Å². The van der Waals surface area contributed by atoms with Crippen LogP contribution in [0.3, 0.4) is 0 Å². The fraction of sp³-hybridized carbons (Fsp3) is 0.867.